The number of hydrogen-bond acceptors (Lipinski definition) is 3. The molecule has 1 aliphatic heterocycles. The first-order valence-corrected chi connectivity index (χ1v) is 4.12. The zero-order valence-corrected chi connectivity index (χ0v) is 7.06. The van der Waals surface area contributed by atoms with Crippen LogP contribution in [0.1, 0.15) is 5.56 Å². The highest BCUT2D eigenvalue weighted by Gasteiger charge is 2.15. The summed E-state index contributed by atoms with van der Waals surface area (Å²) < 4.78 is 4.88. The summed E-state index contributed by atoms with van der Waals surface area (Å²) in [4.78, 5) is 14.7. The van der Waals surface area contributed by atoms with Crippen molar-refractivity contribution in [2.24, 2.45) is 4.99 Å². The van der Waals surface area contributed by atoms with Gasteiger partial charge in [-0.1, -0.05) is 30.3 Å². The first kappa shape index (κ1) is 7.98. The fraction of sp³-hybridized carbons (Fsp3) is 0.200. The highest BCUT2D eigenvalue weighted by Crippen LogP contribution is 2.05. The van der Waals surface area contributed by atoms with Crippen molar-refractivity contribution in [1.29, 1.82) is 0 Å². The maximum Gasteiger partial charge on any atom is 0.334 e. The summed E-state index contributed by atoms with van der Waals surface area (Å²) in [6.07, 6.45) is 0.604. The van der Waals surface area contributed by atoms with Crippen molar-refractivity contribution in [2.45, 2.75) is 6.42 Å². The van der Waals surface area contributed by atoms with E-state index in [1.165, 1.54) is 0 Å². The molecule has 0 atom stereocenters. The molecule has 0 unspecified atom stereocenters. The number of cyclic esters (lactones) is 1. The van der Waals surface area contributed by atoms with E-state index in [9.17, 15) is 4.79 Å². The zero-order valence-electron chi connectivity index (χ0n) is 7.06. The van der Waals surface area contributed by atoms with Gasteiger partial charge in [0.2, 0.25) is 0 Å². The minimum Gasteiger partial charge on any atom is -0.410 e. The Hall–Kier alpha value is -1.64. The van der Waals surface area contributed by atoms with E-state index in [4.69, 9.17) is 4.74 Å². The van der Waals surface area contributed by atoms with Crippen LogP contribution in [0, 0.1) is 0 Å². The molecule has 0 radical (unpaired) electrons. The minimum absolute atomic E-state index is 0.169. The Bertz CT molecular complexity index is 343. The van der Waals surface area contributed by atoms with Crippen molar-refractivity contribution in [3.05, 3.63) is 35.9 Å². The third kappa shape index (κ3) is 1.93. The van der Waals surface area contributed by atoms with Crippen LogP contribution in [0.15, 0.2) is 35.3 Å². The quantitative estimate of drug-likeness (QED) is 0.633. The van der Waals surface area contributed by atoms with E-state index in [0.29, 0.717) is 12.3 Å². The molecular formula is C10H9NO2. The number of nitrogens with zero attached hydrogens (tertiary/aromatic N) is 1. The third-order valence-electron chi connectivity index (χ3n) is 1.81. The SMILES string of the molecule is O=C1CN=C(Cc2ccccc2)O1. The summed E-state index contributed by atoms with van der Waals surface area (Å²) >= 11 is 0. The Labute approximate surface area is 76.1 Å². The van der Waals surface area contributed by atoms with Gasteiger partial charge in [0.15, 0.2) is 5.90 Å². The van der Waals surface area contributed by atoms with Gasteiger partial charge in [-0.05, 0) is 5.56 Å². The van der Waals surface area contributed by atoms with Crippen molar-refractivity contribution < 1.29 is 9.53 Å². The number of hydrogen-bond donors (Lipinski definition) is 0. The molecular weight excluding hydrogens is 166 g/mol. The fourth-order valence-corrected chi connectivity index (χ4v) is 1.21. The molecule has 3 nitrogen and oxygen atoms in total. The number of rotatable bonds is 2. The number of benzene rings is 1. The molecule has 0 aliphatic carbocycles. The van der Waals surface area contributed by atoms with E-state index in [2.05, 4.69) is 4.99 Å². The molecule has 13 heavy (non-hydrogen) atoms. The van der Waals surface area contributed by atoms with E-state index in [1.54, 1.807) is 0 Å². The van der Waals surface area contributed by atoms with Gasteiger partial charge < -0.3 is 4.74 Å². The van der Waals surface area contributed by atoms with Crippen LogP contribution in [0.2, 0.25) is 0 Å². The lowest BCUT2D eigenvalue weighted by molar-refractivity contribution is -0.132. The van der Waals surface area contributed by atoms with Crippen LogP contribution in [-0.2, 0) is 16.0 Å². The Morgan fingerprint density at radius 2 is 2.08 bits per heavy atom. The highest BCUT2D eigenvalue weighted by atomic mass is 16.6. The summed E-state index contributed by atoms with van der Waals surface area (Å²) in [5.41, 5.74) is 1.11. The lowest BCUT2D eigenvalue weighted by Crippen LogP contribution is -2.06. The number of ether oxygens (including phenoxy) is 1. The van der Waals surface area contributed by atoms with Gasteiger partial charge in [-0.2, -0.15) is 0 Å². The highest BCUT2D eigenvalue weighted by molar-refractivity contribution is 5.95. The smallest absolute Gasteiger partial charge is 0.334 e. The second kappa shape index (κ2) is 3.39. The molecule has 0 bridgehead atoms. The van der Waals surface area contributed by atoms with Crippen molar-refractivity contribution in [1.82, 2.24) is 0 Å². The second-order valence-electron chi connectivity index (χ2n) is 2.85. The van der Waals surface area contributed by atoms with Gasteiger partial charge in [0.05, 0.1) is 0 Å². The van der Waals surface area contributed by atoms with Gasteiger partial charge in [0.25, 0.3) is 0 Å². The Balaban J connectivity index is 2.04. The normalized spacial score (nSPS) is 15.4. The molecule has 1 aromatic rings. The monoisotopic (exact) mass is 175 g/mol. The number of esters is 1. The van der Waals surface area contributed by atoms with Gasteiger partial charge in [0, 0.05) is 6.42 Å². The molecule has 0 fully saturated rings. The largest absolute Gasteiger partial charge is 0.410 e. The predicted octanol–water partition coefficient (Wildman–Crippen LogP) is 1.18. The van der Waals surface area contributed by atoms with Crippen molar-refractivity contribution >= 4 is 11.9 Å². The van der Waals surface area contributed by atoms with E-state index in [1.807, 2.05) is 30.3 Å². The Morgan fingerprint density at radius 3 is 2.69 bits per heavy atom. The van der Waals surface area contributed by atoms with E-state index < -0.39 is 0 Å². The molecule has 66 valence electrons. The maximum absolute atomic E-state index is 10.7. The molecule has 1 aromatic carbocycles. The number of carbonyl (C=O) groups excluding carboxylic acids is 1. The molecule has 0 saturated carbocycles. The Morgan fingerprint density at radius 1 is 1.31 bits per heavy atom. The summed E-state index contributed by atoms with van der Waals surface area (Å²) in [7, 11) is 0. The minimum atomic E-state index is -0.258. The molecule has 0 saturated heterocycles. The summed E-state index contributed by atoms with van der Waals surface area (Å²) in [5, 5.41) is 0. The first-order valence-electron chi connectivity index (χ1n) is 4.12. The van der Waals surface area contributed by atoms with E-state index in [-0.39, 0.29) is 12.5 Å². The molecule has 0 N–H and O–H groups in total. The topological polar surface area (TPSA) is 38.7 Å². The van der Waals surface area contributed by atoms with Gasteiger partial charge >= 0.3 is 5.97 Å². The van der Waals surface area contributed by atoms with Crippen LogP contribution in [0.3, 0.4) is 0 Å². The van der Waals surface area contributed by atoms with E-state index in [0.717, 1.165) is 5.56 Å². The fourth-order valence-electron chi connectivity index (χ4n) is 1.21. The standard InChI is InChI=1S/C10H9NO2/c12-10-7-11-9(13-10)6-8-4-2-1-3-5-8/h1-5H,6-7H2. The number of aliphatic imine (C=N–C) groups is 1. The molecule has 3 heteroatoms. The van der Waals surface area contributed by atoms with Crippen molar-refractivity contribution in [2.75, 3.05) is 6.54 Å². The lowest BCUT2D eigenvalue weighted by Gasteiger charge is -1.99. The summed E-state index contributed by atoms with van der Waals surface area (Å²) in [6, 6.07) is 9.81. The van der Waals surface area contributed by atoms with Crippen molar-refractivity contribution in [3.63, 3.8) is 0 Å². The zero-order chi connectivity index (χ0) is 9.10. The van der Waals surface area contributed by atoms with Crippen LogP contribution in [0.25, 0.3) is 0 Å². The van der Waals surface area contributed by atoms with Gasteiger partial charge in [-0.15, -0.1) is 0 Å². The molecule has 0 spiro atoms. The molecule has 1 heterocycles. The van der Waals surface area contributed by atoms with Crippen LogP contribution < -0.4 is 0 Å². The average molecular weight is 175 g/mol. The van der Waals surface area contributed by atoms with E-state index >= 15 is 0 Å². The average Bonchev–Trinajstić information content (AvgIpc) is 2.53. The third-order valence-corrected chi connectivity index (χ3v) is 1.81. The summed E-state index contributed by atoms with van der Waals surface area (Å²) in [6.45, 7) is 0.169. The maximum atomic E-state index is 10.7. The number of carbonyl (C=O) groups is 1. The Kier molecular flexibility index (Phi) is 2.08. The van der Waals surface area contributed by atoms with Crippen LogP contribution in [-0.4, -0.2) is 18.4 Å². The second-order valence-corrected chi connectivity index (χ2v) is 2.85. The van der Waals surface area contributed by atoms with Crippen LogP contribution in [0.5, 0.6) is 0 Å². The molecule has 0 aromatic heterocycles. The molecule has 2 rings (SSSR count). The van der Waals surface area contributed by atoms with Gasteiger partial charge in [-0.25, -0.2) is 9.79 Å². The molecule has 0 amide bonds. The lowest BCUT2D eigenvalue weighted by atomic mass is 10.1. The molecule has 1 aliphatic rings. The van der Waals surface area contributed by atoms with Crippen molar-refractivity contribution in [3.8, 4) is 0 Å². The van der Waals surface area contributed by atoms with Gasteiger partial charge in [0.1, 0.15) is 6.54 Å². The summed E-state index contributed by atoms with van der Waals surface area (Å²) in [5.74, 6) is 0.266. The van der Waals surface area contributed by atoms with Crippen LogP contribution >= 0.6 is 0 Å². The first-order chi connectivity index (χ1) is 6.34. The van der Waals surface area contributed by atoms with Crippen LogP contribution in [0.4, 0.5) is 0 Å². The predicted molar refractivity (Wildman–Crippen MR) is 48.5 cm³/mol. The van der Waals surface area contributed by atoms with Gasteiger partial charge in [-0.3, -0.25) is 0 Å².